The number of fused-ring (bicyclic) bond motifs is 2. The Morgan fingerprint density at radius 1 is 0.944 bits per heavy atom. The third-order valence-corrected chi connectivity index (χ3v) is 8.12. The Hall–Kier alpha value is -3.35. The maximum absolute atomic E-state index is 13.7. The van der Waals surface area contributed by atoms with Crippen LogP contribution in [0.15, 0.2) is 78.9 Å². The van der Waals surface area contributed by atoms with Gasteiger partial charge in [0.05, 0.1) is 0 Å². The Kier molecular flexibility index (Phi) is 5.94. The fourth-order valence-electron chi connectivity index (χ4n) is 6.02. The number of likely N-dealkylation sites (N-methyl/N-ethyl adjacent to an activating group) is 1. The summed E-state index contributed by atoms with van der Waals surface area (Å²) >= 11 is 0. The van der Waals surface area contributed by atoms with Crippen LogP contribution in [0.25, 0.3) is 0 Å². The van der Waals surface area contributed by atoms with Gasteiger partial charge in [0.25, 0.3) is 5.91 Å². The molecule has 2 fully saturated rings. The number of aliphatic hydroxyl groups is 1. The fourth-order valence-corrected chi connectivity index (χ4v) is 6.02. The lowest BCUT2D eigenvalue weighted by Crippen LogP contribution is -2.47. The number of carbonyl (C=O) groups is 1. The molecule has 186 valence electrons. The molecular formula is C30H32N2O4. The average Bonchev–Trinajstić information content (AvgIpc) is 3.26. The Morgan fingerprint density at radius 3 is 2.19 bits per heavy atom. The maximum Gasteiger partial charge on any atom is 0.263 e. The van der Waals surface area contributed by atoms with E-state index in [4.69, 9.17) is 9.47 Å². The van der Waals surface area contributed by atoms with Gasteiger partial charge in [-0.25, -0.2) is 0 Å². The molecule has 3 aliphatic rings. The van der Waals surface area contributed by atoms with E-state index in [9.17, 15) is 9.90 Å². The molecule has 3 aromatic rings. The molecule has 0 aromatic heterocycles. The van der Waals surface area contributed by atoms with Crippen LogP contribution in [0.1, 0.15) is 16.7 Å². The van der Waals surface area contributed by atoms with E-state index in [0.29, 0.717) is 42.2 Å². The summed E-state index contributed by atoms with van der Waals surface area (Å²) in [6, 6.07) is 24.7. The minimum Gasteiger partial charge on any atom is -0.454 e. The molecule has 1 saturated carbocycles. The molecule has 0 spiro atoms. The first-order valence-electron chi connectivity index (χ1n) is 12.7. The molecule has 2 heterocycles. The van der Waals surface area contributed by atoms with Crippen LogP contribution in [0.2, 0.25) is 0 Å². The van der Waals surface area contributed by atoms with E-state index in [-0.39, 0.29) is 5.91 Å². The van der Waals surface area contributed by atoms with Crippen LogP contribution in [0.5, 0.6) is 11.5 Å². The van der Waals surface area contributed by atoms with Crippen molar-refractivity contribution in [2.75, 3.05) is 40.0 Å². The lowest BCUT2D eigenvalue weighted by atomic mass is 9.85. The van der Waals surface area contributed by atoms with E-state index in [0.717, 1.165) is 37.6 Å². The number of hydrogen-bond donors (Lipinski definition) is 1. The number of hydrogen-bond acceptors (Lipinski definition) is 5. The molecule has 3 aromatic carbocycles. The minimum absolute atomic E-state index is 0.274. The van der Waals surface area contributed by atoms with E-state index in [2.05, 4.69) is 17.0 Å². The van der Waals surface area contributed by atoms with Gasteiger partial charge < -0.3 is 24.4 Å². The second kappa shape index (κ2) is 9.26. The number of ether oxygens (including phenoxy) is 2. The molecule has 6 nitrogen and oxygen atoms in total. The minimum atomic E-state index is -1.70. The van der Waals surface area contributed by atoms with E-state index < -0.39 is 5.60 Å². The van der Waals surface area contributed by atoms with Crippen LogP contribution in [0, 0.1) is 17.8 Å². The van der Waals surface area contributed by atoms with E-state index in [1.807, 2.05) is 73.8 Å². The molecule has 1 N–H and O–H groups in total. The Morgan fingerprint density at radius 2 is 1.56 bits per heavy atom. The highest BCUT2D eigenvalue weighted by Crippen LogP contribution is 2.52. The molecule has 1 amide bonds. The number of benzene rings is 3. The predicted molar refractivity (Wildman–Crippen MR) is 137 cm³/mol. The number of rotatable bonds is 8. The van der Waals surface area contributed by atoms with Gasteiger partial charge >= 0.3 is 0 Å². The quantitative estimate of drug-likeness (QED) is 0.530. The zero-order valence-electron chi connectivity index (χ0n) is 20.5. The summed E-state index contributed by atoms with van der Waals surface area (Å²) in [5.74, 6) is 3.14. The zero-order valence-corrected chi connectivity index (χ0v) is 20.5. The Balaban J connectivity index is 1.06. The molecule has 2 unspecified atom stereocenters. The van der Waals surface area contributed by atoms with Gasteiger partial charge in [-0.3, -0.25) is 4.79 Å². The third-order valence-electron chi connectivity index (χ3n) is 8.12. The second-order valence-electron chi connectivity index (χ2n) is 10.3. The highest BCUT2D eigenvalue weighted by atomic mass is 16.7. The SMILES string of the molecule is CN(CC1C2CN(CCc3ccc4c(c3)OCO4)CC21)C(=O)C(O)(c1ccccc1)c1ccccc1. The molecule has 36 heavy (non-hydrogen) atoms. The van der Waals surface area contributed by atoms with Crippen molar-refractivity contribution >= 4 is 5.91 Å². The number of likely N-dealkylation sites (tertiary alicyclic amines) is 1. The highest BCUT2D eigenvalue weighted by molar-refractivity contribution is 5.90. The van der Waals surface area contributed by atoms with Crippen molar-refractivity contribution in [3.63, 3.8) is 0 Å². The molecule has 2 aliphatic heterocycles. The van der Waals surface area contributed by atoms with Crippen LogP contribution in [0.4, 0.5) is 0 Å². The zero-order chi connectivity index (χ0) is 24.7. The third kappa shape index (κ3) is 4.14. The summed E-state index contributed by atoms with van der Waals surface area (Å²) in [6.07, 6.45) is 0.986. The molecule has 0 radical (unpaired) electrons. The van der Waals surface area contributed by atoms with Gasteiger partial charge in [-0.2, -0.15) is 0 Å². The van der Waals surface area contributed by atoms with Gasteiger partial charge in [-0.15, -0.1) is 0 Å². The average molecular weight is 485 g/mol. The van der Waals surface area contributed by atoms with Gasteiger partial charge in [0.1, 0.15) is 0 Å². The fraction of sp³-hybridized carbons (Fsp3) is 0.367. The largest absolute Gasteiger partial charge is 0.454 e. The normalized spacial score (nSPS) is 22.3. The van der Waals surface area contributed by atoms with Crippen molar-refractivity contribution in [3.05, 3.63) is 95.6 Å². The first-order chi connectivity index (χ1) is 17.5. The first kappa shape index (κ1) is 23.1. The topological polar surface area (TPSA) is 62.2 Å². The van der Waals surface area contributed by atoms with Crippen LogP contribution in [-0.2, 0) is 16.8 Å². The van der Waals surface area contributed by atoms with Gasteiger partial charge in [-0.1, -0.05) is 66.7 Å². The summed E-state index contributed by atoms with van der Waals surface area (Å²) in [7, 11) is 1.82. The van der Waals surface area contributed by atoms with Crippen molar-refractivity contribution in [1.29, 1.82) is 0 Å². The van der Waals surface area contributed by atoms with Gasteiger partial charge in [0.2, 0.25) is 6.79 Å². The lowest BCUT2D eigenvalue weighted by Gasteiger charge is -2.33. The Labute approximate surface area is 212 Å². The molecule has 6 rings (SSSR count). The molecule has 1 saturated heterocycles. The summed E-state index contributed by atoms with van der Waals surface area (Å²) in [5.41, 5.74) is 0.762. The van der Waals surface area contributed by atoms with E-state index in [1.165, 1.54) is 5.56 Å². The maximum atomic E-state index is 13.7. The standard InChI is InChI=1S/C30H32N2O4/c1-31(29(33)30(34,22-8-4-2-5-9-22)23-10-6-3-7-11-23)17-24-25-18-32(19-26(24)25)15-14-21-12-13-27-28(16-21)36-20-35-27/h2-13,16,24-26,34H,14-15,17-20H2,1H3. The summed E-state index contributed by atoms with van der Waals surface area (Å²) in [4.78, 5) is 18.0. The van der Waals surface area contributed by atoms with Crippen molar-refractivity contribution in [1.82, 2.24) is 9.80 Å². The summed E-state index contributed by atoms with van der Waals surface area (Å²) in [5, 5.41) is 11.8. The van der Waals surface area contributed by atoms with Crippen molar-refractivity contribution in [2.45, 2.75) is 12.0 Å². The molecule has 6 heteroatoms. The predicted octanol–water partition coefficient (Wildman–Crippen LogP) is 3.53. The van der Waals surface area contributed by atoms with Crippen LogP contribution in [0.3, 0.4) is 0 Å². The van der Waals surface area contributed by atoms with E-state index in [1.54, 1.807) is 4.90 Å². The Bertz CT molecular complexity index is 1180. The molecule has 1 aliphatic carbocycles. The number of piperidine rings is 1. The van der Waals surface area contributed by atoms with Gasteiger partial charge in [0.15, 0.2) is 17.1 Å². The number of nitrogens with zero attached hydrogens (tertiary/aromatic N) is 2. The number of carbonyl (C=O) groups excluding carboxylic acids is 1. The molecule has 2 atom stereocenters. The lowest BCUT2D eigenvalue weighted by molar-refractivity contribution is -0.147. The summed E-state index contributed by atoms with van der Waals surface area (Å²) in [6.45, 7) is 4.15. The van der Waals surface area contributed by atoms with Crippen molar-refractivity contribution < 1.29 is 19.4 Å². The summed E-state index contributed by atoms with van der Waals surface area (Å²) < 4.78 is 10.9. The highest BCUT2D eigenvalue weighted by Gasteiger charge is 2.56. The van der Waals surface area contributed by atoms with Gasteiger partial charge in [0, 0.05) is 33.2 Å². The van der Waals surface area contributed by atoms with E-state index >= 15 is 0 Å². The second-order valence-corrected chi connectivity index (χ2v) is 10.3. The first-order valence-corrected chi connectivity index (χ1v) is 12.7. The van der Waals surface area contributed by atoms with Gasteiger partial charge in [-0.05, 0) is 53.0 Å². The van der Waals surface area contributed by atoms with Crippen LogP contribution in [-0.4, -0.2) is 60.8 Å². The number of amides is 1. The molecular weight excluding hydrogens is 452 g/mol. The van der Waals surface area contributed by atoms with Crippen LogP contribution < -0.4 is 9.47 Å². The van der Waals surface area contributed by atoms with Crippen molar-refractivity contribution in [2.24, 2.45) is 17.8 Å². The van der Waals surface area contributed by atoms with Crippen molar-refractivity contribution in [3.8, 4) is 11.5 Å². The molecule has 0 bridgehead atoms. The van der Waals surface area contributed by atoms with Crippen LogP contribution >= 0.6 is 0 Å². The monoisotopic (exact) mass is 484 g/mol. The smallest absolute Gasteiger partial charge is 0.263 e.